The van der Waals surface area contributed by atoms with E-state index in [2.05, 4.69) is 34.2 Å². The molecule has 1 aliphatic rings. The Balaban J connectivity index is 1.53. The third kappa shape index (κ3) is 3.35. The molecule has 27 heavy (non-hydrogen) atoms. The van der Waals surface area contributed by atoms with E-state index in [9.17, 15) is 14.9 Å². The largest absolute Gasteiger partial charge is 0.351 e. The molecule has 0 saturated heterocycles. The van der Waals surface area contributed by atoms with Crippen LogP contribution in [-0.2, 0) is 12.8 Å². The van der Waals surface area contributed by atoms with Crippen LogP contribution in [0.15, 0.2) is 42.6 Å². The molecule has 0 spiro atoms. The van der Waals surface area contributed by atoms with Gasteiger partial charge in [0.1, 0.15) is 5.69 Å². The number of nitrogens with one attached hydrogen (secondary N) is 1. The first kappa shape index (κ1) is 17.4. The van der Waals surface area contributed by atoms with Gasteiger partial charge < -0.3 is 4.98 Å². The minimum atomic E-state index is -0.529. The van der Waals surface area contributed by atoms with Gasteiger partial charge in [0, 0.05) is 18.0 Å². The highest BCUT2D eigenvalue weighted by Gasteiger charge is 2.27. The molecule has 8 heteroatoms. The van der Waals surface area contributed by atoms with Gasteiger partial charge in [0.2, 0.25) is 0 Å². The van der Waals surface area contributed by atoms with Crippen molar-refractivity contribution in [2.24, 2.45) is 0 Å². The normalized spacial score (nSPS) is 16.0. The molecule has 0 unspecified atom stereocenters. The molecule has 138 valence electrons. The average molecular weight is 382 g/mol. The Kier molecular flexibility index (Phi) is 4.49. The Morgan fingerprint density at radius 1 is 1.37 bits per heavy atom. The zero-order valence-corrected chi connectivity index (χ0v) is 15.5. The van der Waals surface area contributed by atoms with E-state index in [1.807, 2.05) is 6.07 Å². The predicted octanol–water partition coefficient (Wildman–Crippen LogP) is 3.93. The zero-order valence-electron chi connectivity index (χ0n) is 14.7. The van der Waals surface area contributed by atoms with Crippen molar-refractivity contribution < 1.29 is 9.72 Å². The van der Waals surface area contributed by atoms with Crippen molar-refractivity contribution in [3.8, 4) is 0 Å². The Morgan fingerprint density at radius 3 is 2.85 bits per heavy atom. The van der Waals surface area contributed by atoms with Crippen LogP contribution in [0.3, 0.4) is 0 Å². The van der Waals surface area contributed by atoms with Crippen molar-refractivity contribution in [2.75, 3.05) is 11.9 Å². The van der Waals surface area contributed by atoms with Crippen molar-refractivity contribution >= 4 is 28.1 Å². The molecule has 0 aliphatic heterocycles. The number of carbonyl (C=O) groups excluding carboxylic acids is 1. The summed E-state index contributed by atoms with van der Waals surface area (Å²) in [5.41, 5.74) is 2.44. The number of nitro groups is 1. The molecule has 1 atom stereocenters. The van der Waals surface area contributed by atoms with Gasteiger partial charge in [0.05, 0.1) is 16.8 Å². The van der Waals surface area contributed by atoms with E-state index in [0.29, 0.717) is 11.0 Å². The third-order valence-electron chi connectivity index (χ3n) is 4.90. The van der Waals surface area contributed by atoms with Gasteiger partial charge in [-0.25, -0.2) is 4.98 Å². The van der Waals surface area contributed by atoms with Crippen molar-refractivity contribution in [3.63, 3.8) is 0 Å². The third-order valence-corrected chi connectivity index (χ3v) is 6.10. The standard InChI is InChI=1S/C19H18N4O3S/c1-22(18(24)16-10-14(11-20-16)23(25)26)19-21-15-8-7-13(9-17(15)27-19)12-5-3-2-4-6-12/h2-6,10-11,13,20H,7-9H2,1H3/t13-/m0/s1. The van der Waals surface area contributed by atoms with E-state index < -0.39 is 4.92 Å². The molecule has 1 N–H and O–H groups in total. The van der Waals surface area contributed by atoms with Crippen LogP contribution in [0.1, 0.15) is 39.0 Å². The van der Waals surface area contributed by atoms with Crippen LogP contribution in [0.5, 0.6) is 0 Å². The number of rotatable bonds is 4. The summed E-state index contributed by atoms with van der Waals surface area (Å²) < 4.78 is 0. The lowest BCUT2D eigenvalue weighted by Crippen LogP contribution is -2.26. The maximum atomic E-state index is 12.6. The van der Waals surface area contributed by atoms with Crippen molar-refractivity contribution in [1.29, 1.82) is 0 Å². The van der Waals surface area contributed by atoms with E-state index in [1.165, 1.54) is 38.9 Å². The van der Waals surface area contributed by atoms with Crippen LogP contribution in [0.4, 0.5) is 10.8 Å². The summed E-state index contributed by atoms with van der Waals surface area (Å²) in [4.78, 5) is 32.9. The second-order valence-electron chi connectivity index (χ2n) is 6.61. The number of thiazole rings is 1. The fourth-order valence-corrected chi connectivity index (χ4v) is 4.54. The lowest BCUT2D eigenvalue weighted by Gasteiger charge is -2.21. The van der Waals surface area contributed by atoms with Crippen LogP contribution in [-0.4, -0.2) is 27.8 Å². The van der Waals surface area contributed by atoms with Gasteiger partial charge in [-0.05, 0) is 30.7 Å². The van der Waals surface area contributed by atoms with E-state index >= 15 is 0 Å². The molecule has 0 saturated carbocycles. The van der Waals surface area contributed by atoms with Crippen LogP contribution >= 0.6 is 11.3 Å². The van der Waals surface area contributed by atoms with E-state index in [-0.39, 0.29) is 17.3 Å². The molecule has 4 rings (SSSR count). The molecule has 7 nitrogen and oxygen atoms in total. The first-order valence-corrected chi connectivity index (χ1v) is 9.49. The molecule has 0 fully saturated rings. The van der Waals surface area contributed by atoms with Crippen LogP contribution in [0, 0.1) is 10.1 Å². The number of hydrogen-bond acceptors (Lipinski definition) is 5. The van der Waals surface area contributed by atoms with Gasteiger partial charge in [-0.3, -0.25) is 19.8 Å². The fraction of sp³-hybridized carbons (Fsp3) is 0.263. The van der Waals surface area contributed by atoms with E-state index in [4.69, 9.17) is 0 Å². The molecule has 2 heterocycles. The van der Waals surface area contributed by atoms with Gasteiger partial charge in [-0.1, -0.05) is 30.3 Å². The quantitative estimate of drug-likeness (QED) is 0.547. The number of aryl methyl sites for hydroxylation is 1. The number of fused-ring (bicyclic) bond motifs is 1. The number of benzene rings is 1. The van der Waals surface area contributed by atoms with Crippen LogP contribution in [0.2, 0.25) is 0 Å². The van der Waals surface area contributed by atoms with Crippen LogP contribution in [0.25, 0.3) is 0 Å². The highest BCUT2D eigenvalue weighted by molar-refractivity contribution is 7.16. The molecule has 3 aromatic rings. The van der Waals surface area contributed by atoms with Crippen molar-refractivity contribution in [3.05, 3.63) is 74.5 Å². The minimum Gasteiger partial charge on any atom is -0.351 e. The van der Waals surface area contributed by atoms with Crippen molar-refractivity contribution in [2.45, 2.75) is 25.2 Å². The monoisotopic (exact) mass is 382 g/mol. The van der Waals surface area contributed by atoms with Gasteiger partial charge in [0.15, 0.2) is 5.13 Å². The smallest absolute Gasteiger partial charge is 0.287 e. The van der Waals surface area contributed by atoms with Gasteiger partial charge in [-0.15, -0.1) is 11.3 Å². The maximum absolute atomic E-state index is 12.6. The van der Waals surface area contributed by atoms with Gasteiger partial charge in [0.25, 0.3) is 11.6 Å². The summed E-state index contributed by atoms with van der Waals surface area (Å²) >= 11 is 1.52. The molecule has 2 aromatic heterocycles. The lowest BCUT2D eigenvalue weighted by molar-refractivity contribution is -0.384. The molecule has 1 aromatic carbocycles. The maximum Gasteiger partial charge on any atom is 0.287 e. The second-order valence-corrected chi connectivity index (χ2v) is 7.67. The SMILES string of the molecule is CN(C(=O)c1cc([N+](=O)[O-])c[nH]1)c1nc2c(s1)C[C@@H](c1ccccc1)CC2. The molecule has 1 aliphatic carbocycles. The number of amides is 1. The van der Waals surface area contributed by atoms with Gasteiger partial charge >= 0.3 is 0 Å². The Hall–Kier alpha value is -3.00. The zero-order chi connectivity index (χ0) is 19.0. The number of carbonyl (C=O) groups is 1. The highest BCUT2D eigenvalue weighted by atomic mass is 32.1. The first-order valence-electron chi connectivity index (χ1n) is 8.67. The summed E-state index contributed by atoms with van der Waals surface area (Å²) in [6, 6.07) is 11.7. The number of nitrogens with zero attached hydrogens (tertiary/aromatic N) is 3. The second kappa shape index (κ2) is 6.96. The molecular formula is C19H18N4O3S. The van der Waals surface area contributed by atoms with Gasteiger partial charge in [-0.2, -0.15) is 0 Å². The highest BCUT2D eigenvalue weighted by Crippen LogP contribution is 2.38. The predicted molar refractivity (Wildman–Crippen MR) is 104 cm³/mol. The fourth-order valence-electron chi connectivity index (χ4n) is 3.39. The number of hydrogen-bond donors (Lipinski definition) is 1. The number of anilines is 1. The molecule has 1 amide bonds. The first-order chi connectivity index (χ1) is 13.0. The van der Waals surface area contributed by atoms with E-state index in [0.717, 1.165) is 25.0 Å². The lowest BCUT2D eigenvalue weighted by atomic mass is 9.85. The minimum absolute atomic E-state index is 0.129. The summed E-state index contributed by atoms with van der Waals surface area (Å²) in [5, 5.41) is 11.4. The number of H-pyrrole nitrogens is 1. The molecule has 0 bridgehead atoms. The Morgan fingerprint density at radius 2 is 2.15 bits per heavy atom. The Bertz CT molecular complexity index is 996. The van der Waals surface area contributed by atoms with Crippen LogP contribution < -0.4 is 4.90 Å². The summed E-state index contributed by atoms with van der Waals surface area (Å²) in [6.07, 6.45) is 4.08. The summed E-state index contributed by atoms with van der Waals surface area (Å²) in [5.74, 6) is 0.132. The topological polar surface area (TPSA) is 92.1 Å². The average Bonchev–Trinajstić information content (AvgIpc) is 3.34. The summed E-state index contributed by atoms with van der Waals surface area (Å²) in [7, 11) is 1.65. The summed E-state index contributed by atoms with van der Waals surface area (Å²) in [6.45, 7) is 0. The Labute approximate surface area is 159 Å². The van der Waals surface area contributed by atoms with E-state index in [1.54, 1.807) is 7.05 Å². The number of aromatic nitrogens is 2. The molecular weight excluding hydrogens is 364 g/mol. The van der Waals surface area contributed by atoms with Crippen molar-refractivity contribution in [1.82, 2.24) is 9.97 Å². The molecule has 0 radical (unpaired) electrons. The number of aromatic amines is 1.